The van der Waals surface area contributed by atoms with Crippen LogP contribution in [0.1, 0.15) is 15.9 Å². The van der Waals surface area contributed by atoms with Crippen molar-refractivity contribution in [1.29, 1.82) is 0 Å². The van der Waals surface area contributed by atoms with E-state index in [0.717, 1.165) is 26.9 Å². The number of hydrogen-bond acceptors (Lipinski definition) is 3. The van der Waals surface area contributed by atoms with Gasteiger partial charge >= 0.3 is 5.63 Å². The molecule has 0 spiro atoms. The number of rotatable bonds is 3. The summed E-state index contributed by atoms with van der Waals surface area (Å²) in [7, 11) is 0. The van der Waals surface area contributed by atoms with E-state index < -0.39 is 5.63 Å². The van der Waals surface area contributed by atoms with Crippen LogP contribution in [0.5, 0.6) is 0 Å². The number of hydrogen-bond donors (Lipinski definition) is 0. The summed E-state index contributed by atoms with van der Waals surface area (Å²) in [4.78, 5) is 25.2. The number of carbonyl (C=O) groups is 1. The highest BCUT2D eigenvalue weighted by atomic mass is 16.4. The summed E-state index contributed by atoms with van der Waals surface area (Å²) in [5.74, 6) is -0.0989. The third-order valence-corrected chi connectivity index (χ3v) is 5.10. The standard InChI is InChI=1S/C25H16O3/c26-23(20-10-9-16-5-1-2-6-17(16)11-20)14-22-13-21-12-18-7-3-4-8-19(18)15-24(21)28-25(22)27/h1-13,15H,14H2. The van der Waals surface area contributed by atoms with Crippen LogP contribution in [0, 0.1) is 0 Å². The average molecular weight is 364 g/mol. The summed E-state index contributed by atoms with van der Waals surface area (Å²) in [5.41, 5.74) is 1.04. The summed E-state index contributed by atoms with van der Waals surface area (Å²) in [5, 5.41) is 4.98. The molecule has 0 aliphatic carbocycles. The molecule has 0 atom stereocenters. The predicted molar refractivity (Wildman–Crippen MR) is 112 cm³/mol. The minimum Gasteiger partial charge on any atom is -0.422 e. The van der Waals surface area contributed by atoms with Gasteiger partial charge in [-0.15, -0.1) is 0 Å². The fourth-order valence-corrected chi connectivity index (χ4v) is 3.61. The van der Waals surface area contributed by atoms with Crippen molar-refractivity contribution in [2.75, 3.05) is 0 Å². The highest BCUT2D eigenvalue weighted by Gasteiger charge is 2.13. The lowest BCUT2D eigenvalue weighted by Crippen LogP contribution is -2.13. The quantitative estimate of drug-likeness (QED) is 0.240. The van der Waals surface area contributed by atoms with Crippen molar-refractivity contribution < 1.29 is 9.21 Å². The first-order valence-electron chi connectivity index (χ1n) is 9.15. The second-order valence-electron chi connectivity index (χ2n) is 6.96. The van der Waals surface area contributed by atoms with Gasteiger partial charge in [-0.1, -0.05) is 60.7 Å². The Kier molecular flexibility index (Phi) is 3.80. The van der Waals surface area contributed by atoms with Gasteiger partial charge < -0.3 is 4.42 Å². The Labute approximate surface area is 160 Å². The molecule has 4 aromatic carbocycles. The third-order valence-electron chi connectivity index (χ3n) is 5.10. The van der Waals surface area contributed by atoms with Crippen LogP contribution in [-0.4, -0.2) is 5.78 Å². The van der Waals surface area contributed by atoms with Crippen LogP contribution in [-0.2, 0) is 6.42 Å². The molecule has 3 nitrogen and oxygen atoms in total. The van der Waals surface area contributed by atoms with Gasteiger partial charge in [0.15, 0.2) is 5.78 Å². The largest absolute Gasteiger partial charge is 0.422 e. The topological polar surface area (TPSA) is 47.3 Å². The molecule has 0 radical (unpaired) electrons. The minimum absolute atomic E-state index is 0.0173. The molecule has 0 aliphatic rings. The van der Waals surface area contributed by atoms with E-state index in [2.05, 4.69) is 0 Å². The molecule has 0 fully saturated rings. The molecule has 0 N–H and O–H groups in total. The highest BCUT2D eigenvalue weighted by Crippen LogP contribution is 2.23. The van der Waals surface area contributed by atoms with E-state index in [-0.39, 0.29) is 12.2 Å². The summed E-state index contributed by atoms with van der Waals surface area (Å²) < 4.78 is 5.50. The normalized spacial score (nSPS) is 11.3. The molecule has 5 rings (SSSR count). The number of Topliss-reactive ketones (excluding diaryl/α,β-unsaturated/α-hetero) is 1. The van der Waals surface area contributed by atoms with Crippen LogP contribution in [0.15, 0.2) is 94.1 Å². The lowest BCUT2D eigenvalue weighted by atomic mass is 10.00. The van der Waals surface area contributed by atoms with Crippen molar-refractivity contribution in [3.63, 3.8) is 0 Å². The SMILES string of the molecule is O=C(Cc1cc2cc3ccccc3cc2oc1=O)c1ccc2ccccc2c1. The molecule has 0 unspecified atom stereocenters. The first-order valence-corrected chi connectivity index (χ1v) is 9.15. The second kappa shape index (κ2) is 6.46. The van der Waals surface area contributed by atoms with E-state index in [1.807, 2.05) is 72.8 Å². The maximum atomic E-state index is 12.8. The maximum absolute atomic E-state index is 12.8. The van der Waals surface area contributed by atoms with Crippen molar-refractivity contribution in [3.05, 3.63) is 106 Å². The second-order valence-corrected chi connectivity index (χ2v) is 6.96. The molecule has 28 heavy (non-hydrogen) atoms. The van der Waals surface area contributed by atoms with E-state index in [0.29, 0.717) is 16.7 Å². The molecular weight excluding hydrogens is 348 g/mol. The maximum Gasteiger partial charge on any atom is 0.339 e. The molecule has 134 valence electrons. The van der Waals surface area contributed by atoms with Crippen LogP contribution in [0.3, 0.4) is 0 Å². The third kappa shape index (κ3) is 2.87. The molecule has 3 heteroatoms. The molecule has 0 amide bonds. The molecule has 0 saturated heterocycles. The van der Waals surface area contributed by atoms with Crippen LogP contribution >= 0.6 is 0 Å². The van der Waals surface area contributed by atoms with E-state index in [1.165, 1.54) is 0 Å². The Balaban J connectivity index is 1.54. The van der Waals surface area contributed by atoms with Gasteiger partial charge in [0.2, 0.25) is 0 Å². The zero-order valence-corrected chi connectivity index (χ0v) is 15.0. The number of ketones is 1. The molecule has 1 heterocycles. The van der Waals surface area contributed by atoms with Gasteiger partial charge in [0.25, 0.3) is 0 Å². The van der Waals surface area contributed by atoms with Gasteiger partial charge in [0.1, 0.15) is 5.58 Å². The molecule has 0 saturated carbocycles. The average Bonchev–Trinajstić information content (AvgIpc) is 2.72. The van der Waals surface area contributed by atoms with Crippen molar-refractivity contribution in [3.8, 4) is 0 Å². The van der Waals surface area contributed by atoms with Gasteiger partial charge in [-0.25, -0.2) is 4.79 Å². The van der Waals surface area contributed by atoms with Crippen LogP contribution in [0.2, 0.25) is 0 Å². The summed E-state index contributed by atoms with van der Waals surface area (Å²) in [6.07, 6.45) is 0.0173. The molecule has 0 bridgehead atoms. The predicted octanol–water partition coefficient (Wildman–Crippen LogP) is 5.52. The first-order chi connectivity index (χ1) is 13.7. The Morgan fingerprint density at radius 1 is 0.679 bits per heavy atom. The number of benzene rings is 4. The van der Waals surface area contributed by atoms with Gasteiger partial charge in [-0.05, 0) is 45.8 Å². The number of carbonyl (C=O) groups excluding carboxylic acids is 1. The van der Waals surface area contributed by atoms with Crippen molar-refractivity contribution in [1.82, 2.24) is 0 Å². The van der Waals surface area contributed by atoms with Gasteiger partial charge in [0.05, 0.1) is 0 Å². The fourth-order valence-electron chi connectivity index (χ4n) is 3.61. The number of fused-ring (bicyclic) bond motifs is 3. The summed E-state index contributed by atoms with van der Waals surface area (Å²) in [6.45, 7) is 0. The van der Waals surface area contributed by atoms with Crippen molar-refractivity contribution in [2.24, 2.45) is 0 Å². The highest BCUT2D eigenvalue weighted by molar-refractivity contribution is 6.01. The zero-order valence-electron chi connectivity index (χ0n) is 15.0. The van der Waals surface area contributed by atoms with E-state index in [4.69, 9.17) is 4.42 Å². The minimum atomic E-state index is -0.461. The Morgan fingerprint density at radius 3 is 2.07 bits per heavy atom. The van der Waals surface area contributed by atoms with Crippen LogP contribution in [0.25, 0.3) is 32.5 Å². The van der Waals surface area contributed by atoms with Gasteiger partial charge in [0, 0.05) is 22.9 Å². The summed E-state index contributed by atoms with van der Waals surface area (Å²) in [6, 6.07) is 27.0. The van der Waals surface area contributed by atoms with Crippen molar-refractivity contribution in [2.45, 2.75) is 6.42 Å². The molecular formula is C25H16O3. The zero-order chi connectivity index (χ0) is 19.1. The van der Waals surface area contributed by atoms with Gasteiger partial charge in [-0.2, -0.15) is 0 Å². The smallest absolute Gasteiger partial charge is 0.339 e. The first kappa shape index (κ1) is 16.5. The lowest BCUT2D eigenvalue weighted by Gasteiger charge is -2.05. The Morgan fingerprint density at radius 2 is 1.32 bits per heavy atom. The van der Waals surface area contributed by atoms with Crippen LogP contribution in [0.4, 0.5) is 0 Å². The molecule has 0 aliphatic heterocycles. The van der Waals surface area contributed by atoms with E-state index in [1.54, 1.807) is 12.1 Å². The van der Waals surface area contributed by atoms with E-state index >= 15 is 0 Å². The fraction of sp³-hybridized carbons (Fsp3) is 0.0400. The monoisotopic (exact) mass is 364 g/mol. The van der Waals surface area contributed by atoms with E-state index in [9.17, 15) is 9.59 Å². The summed E-state index contributed by atoms with van der Waals surface area (Å²) >= 11 is 0. The Hall–Kier alpha value is -3.72. The molecule has 5 aromatic rings. The van der Waals surface area contributed by atoms with Gasteiger partial charge in [-0.3, -0.25) is 4.79 Å². The Bertz CT molecular complexity index is 1430. The lowest BCUT2D eigenvalue weighted by molar-refractivity contribution is 0.0992. The van der Waals surface area contributed by atoms with Crippen molar-refractivity contribution >= 4 is 38.3 Å². The van der Waals surface area contributed by atoms with Crippen LogP contribution < -0.4 is 5.63 Å². The molecule has 1 aromatic heterocycles.